The molecule has 1 aromatic carbocycles. The molecule has 120 valence electrons. The highest BCUT2D eigenvalue weighted by Crippen LogP contribution is 2.13. The topological polar surface area (TPSA) is 40.6 Å². The maximum Gasteiger partial charge on any atom is 0.224 e. The van der Waals surface area contributed by atoms with Gasteiger partial charge in [0.1, 0.15) is 0 Å². The van der Waals surface area contributed by atoms with Crippen LogP contribution in [0.4, 0.5) is 0 Å². The van der Waals surface area contributed by atoms with Gasteiger partial charge in [-0.1, -0.05) is 23.7 Å². The molecule has 4 nitrogen and oxygen atoms in total. The summed E-state index contributed by atoms with van der Waals surface area (Å²) >= 11 is 5.87. The predicted molar refractivity (Wildman–Crippen MR) is 87.6 cm³/mol. The third-order valence-electron chi connectivity index (χ3n) is 4.04. The summed E-state index contributed by atoms with van der Waals surface area (Å²) in [5.74, 6) is 0.142. The third kappa shape index (κ3) is 5.02. The van der Waals surface area contributed by atoms with Gasteiger partial charge >= 0.3 is 0 Å². The van der Waals surface area contributed by atoms with Gasteiger partial charge in [-0.3, -0.25) is 9.59 Å². The zero-order valence-corrected chi connectivity index (χ0v) is 13.8. The highest BCUT2D eigenvalue weighted by atomic mass is 35.5. The summed E-state index contributed by atoms with van der Waals surface area (Å²) in [5.41, 5.74) is 1.02. The molecule has 0 atom stereocenters. The molecular formula is C17H23ClN2O2. The lowest BCUT2D eigenvalue weighted by molar-refractivity contribution is -0.134. The van der Waals surface area contributed by atoms with Gasteiger partial charge in [0.15, 0.2) is 0 Å². The van der Waals surface area contributed by atoms with Crippen molar-refractivity contribution in [1.82, 2.24) is 9.80 Å². The van der Waals surface area contributed by atoms with Crippen molar-refractivity contribution in [3.8, 4) is 0 Å². The van der Waals surface area contributed by atoms with Crippen LogP contribution in [0.3, 0.4) is 0 Å². The Bertz CT molecular complexity index is 510. The number of hydrogen-bond donors (Lipinski definition) is 0. The van der Waals surface area contributed by atoms with E-state index in [-0.39, 0.29) is 11.8 Å². The van der Waals surface area contributed by atoms with Gasteiger partial charge in [0.2, 0.25) is 11.8 Å². The molecule has 2 amide bonds. The summed E-state index contributed by atoms with van der Waals surface area (Å²) in [4.78, 5) is 27.6. The molecule has 1 fully saturated rings. The van der Waals surface area contributed by atoms with Crippen LogP contribution in [0, 0.1) is 0 Å². The van der Waals surface area contributed by atoms with E-state index in [1.54, 1.807) is 11.8 Å². The average Bonchev–Trinajstić information content (AvgIpc) is 2.53. The lowest BCUT2D eigenvalue weighted by atomic mass is 10.1. The largest absolute Gasteiger partial charge is 0.343 e. The molecule has 0 aliphatic carbocycles. The highest BCUT2D eigenvalue weighted by Gasteiger charge is 2.18. The van der Waals surface area contributed by atoms with Gasteiger partial charge < -0.3 is 9.80 Å². The number of hydrogen-bond acceptors (Lipinski definition) is 2. The zero-order chi connectivity index (χ0) is 15.9. The van der Waals surface area contributed by atoms with Crippen molar-refractivity contribution in [1.29, 1.82) is 0 Å². The van der Waals surface area contributed by atoms with E-state index in [0.29, 0.717) is 24.5 Å². The Kier molecular flexibility index (Phi) is 6.25. The lowest BCUT2D eigenvalue weighted by Crippen LogP contribution is -2.38. The van der Waals surface area contributed by atoms with Crippen LogP contribution in [0.25, 0.3) is 0 Å². The minimum absolute atomic E-state index is 0.0126. The van der Waals surface area contributed by atoms with E-state index in [4.69, 9.17) is 11.6 Å². The minimum atomic E-state index is -0.0126. The number of rotatable bonds is 5. The normalized spacial score (nSPS) is 14.7. The summed E-state index contributed by atoms with van der Waals surface area (Å²) in [5, 5.41) is 0.679. The van der Waals surface area contributed by atoms with E-state index in [2.05, 4.69) is 0 Å². The number of carbonyl (C=O) groups excluding carboxylic acids is 2. The fraction of sp³-hybridized carbons (Fsp3) is 0.529. The number of carbonyl (C=O) groups is 2. The minimum Gasteiger partial charge on any atom is -0.343 e. The second-order valence-corrected chi connectivity index (χ2v) is 6.19. The first-order valence-electron chi connectivity index (χ1n) is 7.84. The molecule has 0 aromatic heterocycles. The van der Waals surface area contributed by atoms with Gasteiger partial charge in [0, 0.05) is 44.5 Å². The fourth-order valence-corrected chi connectivity index (χ4v) is 2.82. The van der Waals surface area contributed by atoms with Crippen molar-refractivity contribution in [3.63, 3.8) is 0 Å². The predicted octanol–water partition coefficient (Wildman–Crippen LogP) is 3.09. The Labute approximate surface area is 137 Å². The van der Waals surface area contributed by atoms with Gasteiger partial charge in [0.05, 0.1) is 0 Å². The summed E-state index contributed by atoms with van der Waals surface area (Å²) in [6.45, 7) is 4.24. The molecular weight excluding hydrogens is 300 g/mol. The maximum absolute atomic E-state index is 12.2. The van der Waals surface area contributed by atoms with E-state index in [1.807, 2.05) is 29.2 Å². The number of piperidine rings is 1. The molecule has 0 spiro atoms. The van der Waals surface area contributed by atoms with Crippen molar-refractivity contribution in [2.24, 2.45) is 0 Å². The Morgan fingerprint density at radius 2 is 1.77 bits per heavy atom. The standard InChI is InChI=1S/C17H23ClN2O2/c1-14(21)20(13-15-5-7-16(18)8-6-15)12-9-17(22)19-10-3-2-4-11-19/h5-8H,2-4,9-13H2,1H3. The van der Waals surface area contributed by atoms with Gasteiger partial charge in [0.25, 0.3) is 0 Å². The van der Waals surface area contributed by atoms with Gasteiger partial charge in [-0.25, -0.2) is 0 Å². The van der Waals surface area contributed by atoms with Crippen molar-refractivity contribution in [3.05, 3.63) is 34.9 Å². The first-order chi connectivity index (χ1) is 10.6. The van der Waals surface area contributed by atoms with Crippen LogP contribution < -0.4 is 0 Å². The molecule has 0 saturated carbocycles. The molecule has 5 heteroatoms. The Morgan fingerprint density at radius 3 is 2.36 bits per heavy atom. The first kappa shape index (κ1) is 16.8. The number of nitrogens with zero attached hydrogens (tertiary/aromatic N) is 2. The molecule has 0 N–H and O–H groups in total. The number of likely N-dealkylation sites (tertiary alicyclic amines) is 1. The van der Waals surface area contributed by atoms with Crippen molar-refractivity contribution in [2.45, 2.75) is 39.2 Å². The molecule has 1 aliphatic heterocycles. The molecule has 0 unspecified atom stereocenters. The highest BCUT2D eigenvalue weighted by molar-refractivity contribution is 6.30. The summed E-state index contributed by atoms with van der Waals surface area (Å²) in [6, 6.07) is 7.44. The molecule has 2 rings (SSSR count). The molecule has 1 saturated heterocycles. The smallest absolute Gasteiger partial charge is 0.224 e. The van der Waals surface area contributed by atoms with Crippen LogP contribution in [-0.2, 0) is 16.1 Å². The fourth-order valence-electron chi connectivity index (χ4n) is 2.69. The summed E-state index contributed by atoms with van der Waals surface area (Å²) in [7, 11) is 0. The van der Waals surface area contributed by atoms with Crippen LogP contribution in [0.5, 0.6) is 0 Å². The second kappa shape index (κ2) is 8.18. The lowest BCUT2D eigenvalue weighted by Gasteiger charge is -2.28. The van der Waals surface area contributed by atoms with Crippen LogP contribution in [-0.4, -0.2) is 41.2 Å². The monoisotopic (exact) mass is 322 g/mol. The zero-order valence-electron chi connectivity index (χ0n) is 13.1. The van der Waals surface area contributed by atoms with Crippen LogP contribution in [0.2, 0.25) is 5.02 Å². The Balaban J connectivity index is 1.87. The molecule has 22 heavy (non-hydrogen) atoms. The Hall–Kier alpha value is -1.55. The van der Waals surface area contributed by atoms with Crippen molar-refractivity contribution in [2.75, 3.05) is 19.6 Å². The van der Waals surface area contributed by atoms with Crippen LogP contribution in [0.1, 0.15) is 38.2 Å². The molecule has 1 heterocycles. The number of benzene rings is 1. The quantitative estimate of drug-likeness (QED) is 0.836. The van der Waals surface area contributed by atoms with Crippen LogP contribution >= 0.6 is 11.6 Å². The SMILES string of the molecule is CC(=O)N(CCC(=O)N1CCCCC1)Cc1ccc(Cl)cc1. The van der Waals surface area contributed by atoms with Crippen LogP contribution in [0.15, 0.2) is 24.3 Å². The van der Waals surface area contributed by atoms with E-state index in [9.17, 15) is 9.59 Å². The van der Waals surface area contributed by atoms with E-state index in [1.165, 1.54) is 6.42 Å². The van der Waals surface area contributed by atoms with Gasteiger partial charge in [-0.15, -0.1) is 0 Å². The first-order valence-corrected chi connectivity index (χ1v) is 8.22. The Morgan fingerprint density at radius 1 is 1.14 bits per heavy atom. The van der Waals surface area contributed by atoms with E-state index < -0.39 is 0 Å². The van der Waals surface area contributed by atoms with Crippen molar-refractivity contribution >= 4 is 23.4 Å². The molecule has 1 aliphatic rings. The van der Waals surface area contributed by atoms with Gasteiger partial charge in [-0.2, -0.15) is 0 Å². The number of halogens is 1. The molecule has 1 aromatic rings. The average molecular weight is 323 g/mol. The van der Waals surface area contributed by atoms with E-state index >= 15 is 0 Å². The summed E-state index contributed by atoms with van der Waals surface area (Å²) in [6.07, 6.45) is 3.78. The van der Waals surface area contributed by atoms with Gasteiger partial charge in [-0.05, 0) is 37.0 Å². The summed E-state index contributed by atoms with van der Waals surface area (Å²) < 4.78 is 0. The molecule has 0 radical (unpaired) electrons. The third-order valence-corrected chi connectivity index (χ3v) is 4.29. The molecule has 0 bridgehead atoms. The van der Waals surface area contributed by atoms with E-state index in [0.717, 1.165) is 31.5 Å². The maximum atomic E-state index is 12.2. The number of amides is 2. The van der Waals surface area contributed by atoms with Crippen molar-refractivity contribution < 1.29 is 9.59 Å². The second-order valence-electron chi connectivity index (χ2n) is 5.76.